The lowest BCUT2D eigenvalue weighted by molar-refractivity contribution is 0.0178. The summed E-state index contributed by atoms with van der Waals surface area (Å²) in [5, 5.41) is 0. The Hall–Kier alpha value is -2.70. The van der Waals surface area contributed by atoms with Crippen LogP contribution in [0, 0.1) is 0 Å². The minimum absolute atomic E-state index is 0.0394. The lowest BCUT2D eigenvalue weighted by atomic mass is 9.87. The number of nitrogen functional groups attached to an aromatic ring is 1. The number of fused-ring (bicyclic) bond motifs is 6. The fourth-order valence-electron chi connectivity index (χ4n) is 4.55. The van der Waals surface area contributed by atoms with E-state index < -0.39 is 0 Å². The van der Waals surface area contributed by atoms with E-state index in [-0.39, 0.29) is 18.1 Å². The van der Waals surface area contributed by atoms with Crippen LogP contribution in [-0.4, -0.2) is 10.8 Å². The van der Waals surface area contributed by atoms with E-state index in [0.29, 0.717) is 6.54 Å². The Morgan fingerprint density at radius 1 is 1.00 bits per heavy atom. The maximum atomic E-state index is 6.58. The van der Waals surface area contributed by atoms with Crippen LogP contribution in [0.3, 0.4) is 0 Å². The average molecular weight is 451 g/mol. The summed E-state index contributed by atoms with van der Waals surface area (Å²) in [7, 11) is 0. The van der Waals surface area contributed by atoms with Gasteiger partial charge in [0.1, 0.15) is 17.0 Å². The second-order valence-corrected chi connectivity index (χ2v) is 8.64. The molecule has 0 radical (unpaired) electrons. The van der Waals surface area contributed by atoms with Gasteiger partial charge in [0, 0.05) is 27.2 Å². The lowest BCUT2D eigenvalue weighted by Gasteiger charge is -2.20. The highest BCUT2D eigenvalue weighted by atomic mass is 79.9. The Balaban J connectivity index is 1.37. The highest BCUT2D eigenvalue weighted by Crippen LogP contribution is 2.53. The van der Waals surface area contributed by atoms with E-state index in [1.165, 1.54) is 5.56 Å². The van der Waals surface area contributed by atoms with Gasteiger partial charge in [0.15, 0.2) is 5.58 Å². The van der Waals surface area contributed by atoms with Crippen molar-refractivity contribution in [3.05, 3.63) is 76.3 Å². The number of nitrogens with zero attached hydrogens (tertiary/aromatic N) is 1. The maximum absolute atomic E-state index is 6.58. The second kappa shape index (κ2) is 6.40. The van der Waals surface area contributed by atoms with E-state index >= 15 is 0 Å². The Kier molecular flexibility index (Phi) is 3.79. The summed E-state index contributed by atoms with van der Waals surface area (Å²) in [6, 6.07) is 20.1. The number of nitrogens with two attached hydrogens (primary N) is 1. The molecule has 6 rings (SSSR count). The smallest absolute Gasteiger partial charge is 0.182 e. The molecule has 146 valence electrons. The topological polar surface area (TPSA) is 62.5 Å². The Bertz CT molecular complexity index is 1230. The van der Waals surface area contributed by atoms with Crippen LogP contribution in [0.15, 0.2) is 69.7 Å². The van der Waals surface area contributed by atoms with Gasteiger partial charge in [-0.25, -0.2) is 4.74 Å². The molecule has 4 aromatic rings. The quantitative estimate of drug-likeness (QED) is 0.380. The van der Waals surface area contributed by atoms with Crippen molar-refractivity contribution in [1.29, 1.82) is 0 Å². The first-order chi connectivity index (χ1) is 14.2. The summed E-state index contributed by atoms with van der Waals surface area (Å²) in [5.41, 5.74) is 10.8. The Labute approximate surface area is 176 Å². The van der Waals surface area contributed by atoms with Gasteiger partial charge in [0.05, 0.1) is 18.8 Å². The predicted octanol–water partition coefficient (Wildman–Crippen LogP) is 6.00. The highest BCUT2D eigenvalue weighted by molar-refractivity contribution is 9.10. The molecule has 0 spiro atoms. The largest absolute Gasteiger partial charge is 0.457 e. The third kappa shape index (κ3) is 2.78. The molecule has 3 atom stereocenters. The van der Waals surface area contributed by atoms with Gasteiger partial charge in [0.25, 0.3) is 0 Å². The van der Waals surface area contributed by atoms with E-state index in [9.17, 15) is 0 Å². The number of anilines is 1. The van der Waals surface area contributed by atoms with Crippen molar-refractivity contribution in [3.63, 3.8) is 0 Å². The SMILES string of the molecule is Nc1ccc2on(C[C@@H]3C[C@H]4c5ccccc5Oc5ccc(Br)cc5[C@H]4O3)c2c1. The van der Waals surface area contributed by atoms with E-state index in [4.69, 9.17) is 19.7 Å². The van der Waals surface area contributed by atoms with Gasteiger partial charge in [-0.2, -0.15) is 0 Å². The summed E-state index contributed by atoms with van der Waals surface area (Å²) in [6.07, 6.45) is 0.879. The number of hydrogen-bond donors (Lipinski definition) is 1. The van der Waals surface area contributed by atoms with Crippen LogP contribution in [0.4, 0.5) is 5.69 Å². The summed E-state index contributed by atoms with van der Waals surface area (Å²) in [5.74, 6) is 1.99. The number of rotatable bonds is 2. The van der Waals surface area contributed by atoms with Gasteiger partial charge in [-0.15, -0.1) is 0 Å². The molecule has 1 saturated heterocycles. The third-order valence-corrected chi connectivity index (χ3v) is 6.36. The van der Waals surface area contributed by atoms with Crippen LogP contribution >= 0.6 is 15.9 Å². The first-order valence-corrected chi connectivity index (χ1v) is 10.5. The van der Waals surface area contributed by atoms with Crippen molar-refractivity contribution in [2.45, 2.75) is 31.1 Å². The number of aromatic nitrogens is 1. The molecule has 0 aliphatic carbocycles. The van der Waals surface area contributed by atoms with Gasteiger partial charge >= 0.3 is 0 Å². The molecule has 2 N–H and O–H groups in total. The molecule has 5 nitrogen and oxygen atoms in total. The predicted molar refractivity (Wildman–Crippen MR) is 114 cm³/mol. The summed E-state index contributed by atoms with van der Waals surface area (Å²) in [6.45, 7) is 0.663. The molecule has 0 bridgehead atoms. The number of hydrogen-bond acceptors (Lipinski definition) is 4. The summed E-state index contributed by atoms with van der Waals surface area (Å²) < 4.78 is 21.5. The van der Waals surface area contributed by atoms with Crippen molar-refractivity contribution < 1.29 is 14.0 Å². The number of ether oxygens (including phenoxy) is 2. The molecule has 0 saturated carbocycles. The second-order valence-electron chi connectivity index (χ2n) is 7.72. The van der Waals surface area contributed by atoms with Crippen molar-refractivity contribution in [1.82, 2.24) is 4.74 Å². The zero-order chi connectivity index (χ0) is 19.5. The first-order valence-electron chi connectivity index (χ1n) is 9.72. The molecule has 3 heterocycles. The number of halogens is 1. The van der Waals surface area contributed by atoms with Gasteiger partial charge < -0.3 is 19.7 Å². The Morgan fingerprint density at radius 3 is 2.79 bits per heavy atom. The monoisotopic (exact) mass is 450 g/mol. The van der Waals surface area contributed by atoms with Crippen LogP contribution < -0.4 is 10.5 Å². The normalized spacial score (nSPS) is 22.6. The zero-order valence-corrected chi connectivity index (χ0v) is 17.1. The molecule has 29 heavy (non-hydrogen) atoms. The number of benzene rings is 3. The van der Waals surface area contributed by atoms with Crippen molar-refractivity contribution in [2.75, 3.05) is 5.73 Å². The molecule has 0 unspecified atom stereocenters. The van der Waals surface area contributed by atoms with Crippen LogP contribution in [-0.2, 0) is 11.3 Å². The van der Waals surface area contributed by atoms with E-state index in [2.05, 4.69) is 34.1 Å². The molecule has 2 aliphatic heterocycles. The van der Waals surface area contributed by atoms with E-state index in [0.717, 1.165) is 44.7 Å². The van der Waals surface area contributed by atoms with Crippen molar-refractivity contribution in [2.24, 2.45) is 0 Å². The minimum Gasteiger partial charge on any atom is -0.457 e. The molecular weight excluding hydrogens is 432 g/mol. The van der Waals surface area contributed by atoms with Gasteiger partial charge in [-0.1, -0.05) is 34.1 Å². The van der Waals surface area contributed by atoms with Crippen LogP contribution in [0.1, 0.15) is 29.6 Å². The molecule has 3 aromatic carbocycles. The number of para-hydroxylation sites is 1. The van der Waals surface area contributed by atoms with Crippen LogP contribution in [0.25, 0.3) is 11.1 Å². The summed E-state index contributed by atoms with van der Waals surface area (Å²) >= 11 is 3.60. The maximum Gasteiger partial charge on any atom is 0.182 e. The van der Waals surface area contributed by atoms with E-state index in [1.54, 1.807) is 0 Å². The fourth-order valence-corrected chi connectivity index (χ4v) is 4.93. The summed E-state index contributed by atoms with van der Waals surface area (Å²) in [4.78, 5) is 0. The molecule has 0 amide bonds. The third-order valence-electron chi connectivity index (χ3n) is 5.87. The molecule has 1 aromatic heterocycles. The molecule has 1 fully saturated rings. The molecule has 6 heteroatoms. The first kappa shape index (κ1) is 17.2. The Morgan fingerprint density at radius 2 is 1.86 bits per heavy atom. The molecule has 2 aliphatic rings. The van der Waals surface area contributed by atoms with Crippen molar-refractivity contribution >= 4 is 32.7 Å². The van der Waals surface area contributed by atoms with Crippen LogP contribution in [0.2, 0.25) is 0 Å². The average Bonchev–Trinajstić information content (AvgIpc) is 3.08. The zero-order valence-electron chi connectivity index (χ0n) is 15.5. The fraction of sp³-hybridized carbons (Fsp3) is 0.217. The van der Waals surface area contributed by atoms with Gasteiger partial charge in [0.2, 0.25) is 0 Å². The lowest BCUT2D eigenvalue weighted by Crippen LogP contribution is -2.18. The standard InChI is InChI=1S/C23H19BrN2O3/c24-13-5-7-21-18(9-13)23-17(16-3-1-2-4-20(16)28-21)11-15(27-23)12-26-19-10-14(25)6-8-22(19)29-26/h1-10,15,17,23H,11-12,25H2/t15-,17-,23-/m0/s1. The van der Waals surface area contributed by atoms with Gasteiger partial charge in [-0.05, 0) is 48.9 Å². The van der Waals surface area contributed by atoms with Crippen molar-refractivity contribution in [3.8, 4) is 11.5 Å². The van der Waals surface area contributed by atoms with E-state index in [1.807, 2.05) is 47.2 Å². The van der Waals surface area contributed by atoms with Crippen LogP contribution in [0.5, 0.6) is 11.5 Å². The van der Waals surface area contributed by atoms with Gasteiger partial charge in [-0.3, -0.25) is 0 Å². The highest BCUT2D eigenvalue weighted by Gasteiger charge is 2.42. The minimum atomic E-state index is -0.0576. The molecular formula is C23H19BrN2O3.